The maximum Gasteiger partial charge on any atom is 0.331 e. The van der Waals surface area contributed by atoms with E-state index in [-0.39, 0.29) is 18.0 Å². The van der Waals surface area contributed by atoms with Crippen molar-refractivity contribution in [2.24, 2.45) is 0 Å². The fraction of sp³-hybridized carbons (Fsp3) is 0.368. The zero-order chi connectivity index (χ0) is 18.7. The van der Waals surface area contributed by atoms with E-state index in [1.165, 1.54) is 4.57 Å². The standard InChI is InChI=1S/C19H20N4O3/c1-13(14-6-3-2-4-7-14)11-21-17(24)12-23-18(25)15(10-20)16-8-5-9-22(16)19(23)26/h2-4,6-7,13H,5,8-9,11-12H2,1H3,(H,21,24)/t13-/m1/s1. The van der Waals surface area contributed by atoms with Gasteiger partial charge in [-0.3, -0.25) is 14.2 Å². The van der Waals surface area contributed by atoms with Crippen LogP contribution in [0.5, 0.6) is 0 Å². The van der Waals surface area contributed by atoms with Crippen molar-refractivity contribution in [1.29, 1.82) is 5.26 Å². The number of amides is 1. The maximum atomic E-state index is 12.5. The van der Waals surface area contributed by atoms with Crippen molar-refractivity contribution < 1.29 is 4.79 Å². The van der Waals surface area contributed by atoms with E-state index in [0.717, 1.165) is 10.1 Å². The molecule has 2 heterocycles. The first-order valence-corrected chi connectivity index (χ1v) is 8.61. The molecule has 134 valence electrons. The van der Waals surface area contributed by atoms with Crippen molar-refractivity contribution >= 4 is 5.91 Å². The monoisotopic (exact) mass is 352 g/mol. The van der Waals surface area contributed by atoms with Gasteiger partial charge in [-0.25, -0.2) is 9.36 Å². The first-order valence-electron chi connectivity index (χ1n) is 8.61. The van der Waals surface area contributed by atoms with Crippen molar-refractivity contribution in [3.05, 3.63) is 68.0 Å². The van der Waals surface area contributed by atoms with E-state index in [0.29, 0.717) is 31.6 Å². The largest absolute Gasteiger partial charge is 0.354 e. The molecule has 1 aromatic heterocycles. The van der Waals surface area contributed by atoms with E-state index < -0.39 is 17.2 Å². The zero-order valence-corrected chi connectivity index (χ0v) is 14.6. The quantitative estimate of drug-likeness (QED) is 0.859. The average molecular weight is 352 g/mol. The Balaban J connectivity index is 1.75. The van der Waals surface area contributed by atoms with Crippen molar-refractivity contribution in [3.8, 4) is 6.07 Å². The first-order chi connectivity index (χ1) is 12.5. The summed E-state index contributed by atoms with van der Waals surface area (Å²) in [6.07, 6.45) is 1.25. The molecule has 1 aromatic carbocycles. The number of nitrogens with zero attached hydrogens (tertiary/aromatic N) is 3. The van der Waals surface area contributed by atoms with Crippen LogP contribution in [0.2, 0.25) is 0 Å². The van der Waals surface area contributed by atoms with E-state index in [1.54, 1.807) is 0 Å². The number of carbonyl (C=O) groups excluding carboxylic acids is 1. The van der Waals surface area contributed by atoms with Crippen LogP contribution in [0, 0.1) is 11.3 Å². The van der Waals surface area contributed by atoms with Crippen LogP contribution in [0.3, 0.4) is 0 Å². The fourth-order valence-electron chi connectivity index (χ4n) is 3.25. The molecular formula is C19H20N4O3. The minimum atomic E-state index is -0.683. The SMILES string of the molecule is C[C@H](CNC(=O)Cn1c(=O)c(C#N)c2n(c1=O)CCC2)c1ccccc1. The number of benzene rings is 1. The molecule has 2 aromatic rings. The van der Waals surface area contributed by atoms with Crippen LogP contribution in [-0.2, 0) is 24.3 Å². The molecule has 7 nitrogen and oxygen atoms in total. The molecule has 0 bridgehead atoms. The minimum Gasteiger partial charge on any atom is -0.354 e. The highest BCUT2D eigenvalue weighted by Gasteiger charge is 2.23. The van der Waals surface area contributed by atoms with Crippen LogP contribution in [0.4, 0.5) is 0 Å². The van der Waals surface area contributed by atoms with E-state index in [2.05, 4.69) is 5.32 Å². The number of hydrogen-bond acceptors (Lipinski definition) is 4. The Morgan fingerprint density at radius 2 is 2.04 bits per heavy atom. The predicted octanol–water partition coefficient (Wildman–Crippen LogP) is 0.748. The summed E-state index contributed by atoms with van der Waals surface area (Å²) < 4.78 is 2.29. The molecule has 1 N–H and O–H groups in total. The van der Waals surface area contributed by atoms with Gasteiger partial charge in [0.2, 0.25) is 5.91 Å². The number of hydrogen-bond donors (Lipinski definition) is 1. The molecule has 0 spiro atoms. The lowest BCUT2D eigenvalue weighted by atomic mass is 10.0. The van der Waals surface area contributed by atoms with Crippen molar-refractivity contribution in [1.82, 2.24) is 14.5 Å². The summed E-state index contributed by atoms with van der Waals surface area (Å²) in [5.74, 6) is -0.318. The van der Waals surface area contributed by atoms with Crippen LogP contribution >= 0.6 is 0 Å². The topological polar surface area (TPSA) is 96.9 Å². The Kier molecular flexibility index (Phi) is 5.03. The van der Waals surface area contributed by atoms with Crippen LogP contribution in [-0.4, -0.2) is 21.6 Å². The Morgan fingerprint density at radius 3 is 2.73 bits per heavy atom. The summed E-state index contributed by atoms with van der Waals surface area (Å²) in [5.41, 5.74) is 0.336. The fourth-order valence-corrected chi connectivity index (χ4v) is 3.25. The molecule has 1 amide bonds. The van der Waals surface area contributed by atoms with Crippen molar-refractivity contribution in [3.63, 3.8) is 0 Å². The lowest BCUT2D eigenvalue weighted by Gasteiger charge is -2.14. The highest BCUT2D eigenvalue weighted by Crippen LogP contribution is 2.14. The van der Waals surface area contributed by atoms with Gasteiger partial charge in [0.05, 0.1) is 0 Å². The molecule has 0 saturated carbocycles. The van der Waals surface area contributed by atoms with Crippen LogP contribution in [0.25, 0.3) is 0 Å². The van der Waals surface area contributed by atoms with Crippen LogP contribution in [0.1, 0.15) is 36.1 Å². The Morgan fingerprint density at radius 1 is 1.31 bits per heavy atom. The summed E-state index contributed by atoms with van der Waals surface area (Å²) in [5, 5.41) is 12.0. The number of nitrogens with one attached hydrogen (secondary N) is 1. The first kappa shape index (κ1) is 17.7. The second kappa shape index (κ2) is 7.40. The van der Waals surface area contributed by atoms with Crippen molar-refractivity contribution in [2.75, 3.05) is 6.54 Å². The van der Waals surface area contributed by atoms with E-state index in [9.17, 15) is 19.6 Å². The Bertz CT molecular complexity index is 983. The van der Waals surface area contributed by atoms with Gasteiger partial charge in [0, 0.05) is 18.8 Å². The van der Waals surface area contributed by atoms with Gasteiger partial charge < -0.3 is 5.32 Å². The molecule has 0 unspecified atom stereocenters. The van der Waals surface area contributed by atoms with Gasteiger partial charge in [-0.2, -0.15) is 5.26 Å². The third-order valence-corrected chi connectivity index (χ3v) is 4.72. The molecule has 1 aliphatic rings. The van der Waals surface area contributed by atoms with Gasteiger partial charge in [-0.05, 0) is 24.3 Å². The number of rotatable bonds is 5. The number of nitriles is 1. The summed E-state index contributed by atoms with van der Waals surface area (Å²) in [6.45, 7) is 2.47. The van der Waals surface area contributed by atoms with Gasteiger partial charge in [0.15, 0.2) is 0 Å². The minimum absolute atomic E-state index is 0.0347. The molecule has 1 aliphatic heterocycles. The van der Waals surface area contributed by atoms with Crippen molar-refractivity contribution in [2.45, 2.75) is 38.8 Å². The molecule has 0 saturated heterocycles. The predicted molar refractivity (Wildman–Crippen MR) is 95.9 cm³/mol. The summed E-state index contributed by atoms with van der Waals surface area (Å²) in [6, 6.07) is 11.6. The molecule has 3 rings (SSSR count). The second-order valence-electron chi connectivity index (χ2n) is 6.48. The Labute approximate surface area is 150 Å². The zero-order valence-electron chi connectivity index (χ0n) is 14.6. The second-order valence-corrected chi connectivity index (χ2v) is 6.48. The van der Waals surface area contributed by atoms with E-state index in [4.69, 9.17) is 0 Å². The van der Waals surface area contributed by atoms with Crippen LogP contribution < -0.4 is 16.6 Å². The lowest BCUT2D eigenvalue weighted by Crippen LogP contribution is -2.45. The number of fused-ring (bicyclic) bond motifs is 1. The molecule has 1 atom stereocenters. The summed E-state index contributed by atoms with van der Waals surface area (Å²) in [7, 11) is 0. The lowest BCUT2D eigenvalue weighted by molar-refractivity contribution is -0.121. The van der Waals surface area contributed by atoms with Gasteiger partial charge in [0.25, 0.3) is 5.56 Å². The highest BCUT2D eigenvalue weighted by molar-refractivity contribution is 5.75. The highest BCUT2D eigenvalue weighted by atomic mass is 16.2. The number of aromatic nitrogens is 2. The molecule has 7 heteroatoms. The smallest absolute Gasteiger partial charge is 0.331 e. The third-order valence-electron chi connectivity index (χ3n) is 4.72. The normalized spacial score (nSPS) is 13.7. The molecule has 0 radical (unpaired) electrons. The third kappa shape index (κ3) is 3.31. The number of carbonyl (C=O) groups is 1. The van der Waals surface area contributed by atoms with Gasteiger partial charge in [-0.15, -0.1) is 0 Å². The van der Waals surface area contributed by atoms with Gasteiger partial charge in [-0.1, -0.05) is 37.3 Å². The van der Waals surface area contributed by atoms with Gasteiger partial charge >= 0.3 is 5.69 Å². The molecule has 26 heavy (non-hydrogen) atoms. The van der Waals surface area contributed by atoms with E-state index >= 15 is 0 Å². The summed E-state index contributed by atoms with van der Waals surface area (Å²) >= 11 is 0. The Hall–Kier alpha value is -3.14. The molecular weight excluding hydrogens is 332 g/mol. The maximum absolute atomic E-state index is 12.5. The average Bonchev–Trinajstić information content (AvgIpc) is 3.14. The van der Waals surface area contributed by atoms with Gasteiger partial charge in [0.1, 0.15) is 18.2 Å². The van der Waals surface area contributed by atoms with Crippen LogP contribution in [0.15, 0.2) is 39.9 Å². The van der Waals surface area contributed by atoms with E-state index in [1.807, 2.05) is 43.3 Å². The molecule has 0 fully saturated rings. The summed E-state index contributed by atoms with van der Waals surface area (Å²) in [4.78, 5) is 37.2. The molecule has 0 aliphatic carbocycles.